The number of halogens is 1. The van der Waals surface area contributed by atoms with Crippen molar-refractivity contribution in [3.8, 4) is 5.75 Å². The second kappa shape index (κ2) is 6.52. The van der Waals surface area contributed by atoms with Gasteiger partial charge in [0, 0.05) is 24.9 Å². The average molecular weight is 336 g/mol. The number of aryl methyl sites for hydroxylation is 1. The molecule has 1 aromatic carbocycles. The first-order chi connectivity index (χ1) is 11.1. The number of phenols is 1. The van der Waals surface area contributed by atoms with E-state index >= 15 is 0 Å². The molecule has 1 aromatic rings. The molecular formula is C18H22ClNO3. The summed E-state index contributed by atoms with van der Waals surface area (Å²) in [6.07, 6.45) is 4.28. The number of likely N-dealkylation sites (tertiary alicyclic amines) is 1. The molecule has 0 bridgehead atoms. The zero-order chi connectivity index (χ0) is 16.6. The van der Waals surface area contributed by atoms with E-state index in [1.807, 2.05) is 11.8 Å². The first-order valence-electron chi connectivity index (χ1n) is 8.31. The lowest BCUT2D eigenvalue weighted by molar-refractivity contribution is -0.135. The molecule has 1 aliphatic carbocycles. The highest BCUT2D eigenvalue weighted by Crippen LogP contribution is 2.43. The van der Waals surface area contributed by atoms with E-state index in [-0.39, 0.29) is 35.3 Å². The fourth-order valence-electron chi connectivity index (χ4n) is 4.10. The van der Waals surface area contributed by atoms with Gasteiger partial charge in [0.05, 0.1) is 11.4 Å². The number of carbonyl (C=O) groups excluding carboxylic acids is 2. The van der Waals surface area contributed by atoms with Gasteiger partial charge in [0.1, 0.15) is 5.75 Å². The molecule has 1 aliphatic heterocycles. The molecule has 1 heterocycles. The lowest BCUT2D eigenvalue weighted by atomic mass is 9.73. The summed E-state index contributed by atoms with van der Waals surface area (Å²) < 4.78 is 0. The van der Waals surface area contributed by atoms with Gasteiger partial charge in [0.2, 0.25) is 5.91 Å². The molecule has 124 valence electrons. The van der Waals surface area contributed by atoms with E-state index in [1.165, 1.54) is 0 Å². The minimum Gasteiger partial charge on any atom is -0.507 e. The van der Waals surface area contributed by atoms with Gasteiger partial charge >= 0.3 is 0 Å². The fourth-order valence-corrected chi connectivity index (χ4v) is 4.24. The van der Waals surface area contributed by atoms with Crippen molar-refractivity contribution < 1.29 is 14.7 Å². The van der Waals surface area contributed by atoms with Crippen LogP contribution in [0.5, 0.6) is 5.75 Å². The number of hydrogen-bond acceptors (Lipinski definition) is 3. The SMILES string of the molecule is CCC(=O)N1CCCC2c3cc(O)c(C(=O)CCl)cc3CCC21. The molecular weight excluding hydrogens is 314 g/mol. The molecule has 23 heavy (non-hydrogen) atoms. The Kier molecular flexibility index (Phi) is 4.62. The second-order valence-electron chi connectivity index (χ2n) is 6.42. The summed E-state index contributed by atoms with van der Waals surface area (Å²) >= 11 is 5.62. The molecule has 5 heteroatoms. The third-order valence-electron chi connectivity index (χ3n) is 5.19. The zero-order valence-electron chi connectivity index (χ0n) is 13.3. The van der Waals surface area contributed by atoms with Crippen LogP contribution in [0.15, 0.2) is 12.1 Å². The standard InChI is InChI=1S/C18H22ClNO3/c1-2-18(23)20-7-3-4-12-13-9-16(21)14(17(22)10-19)8-11(13)5-6-15(12)20/h8-9,12,15,21H,2-7,10H2,1H3. The van der Waals surface area contributed by atoms with Gasteiger partial charge in [-0.2, -0.15) is 0 Å². The van der Waals surface area contributed by atoms with E-state index < -0.39 is 0 Å². The summed E-state index contributed by atoms with van der Waals surface area (Å²) in [7, 11) is 0. The number of aromatic hydroxyl groups is 1. The van der Waals surface area contributed by atoms with Crippen LogP contribution >= 0.6 is 11.6 Å². The number of ketones is 1. The van der Waals surface area contributed by atoms with Gasteiger partial charge in [-0.3, -0.25) is 9.59 Å². The third-order valence-corrected chi connectivity index (χ3v) is 5.43. The summed E-state index contributed by atoms with van der Waals surface area (Å²) in [6, 6.07) is 3.75. The molecule has 3 rings (SSSR count). The van der Waals surface area contributed by atoms with Gasteiger partial charge in [0.25, 0.3) is 0 Å². The zero-order valence-corrected chi connectivity index (χ0v) is 14.1. The maximum Gasteiger partial charge on any atom is 0.222 e. The van der Waals surface area contributed by atoms with Gasteiger partial charge in [-0.25, -0.2) is 0 Å². The number of phenolic OH excluding ortho intramolecular Hbond substituents is 1. The minimum absolute atomic E-state index is 0.00833. The lowest BCUT2D eigenvalue weighted by Crippen LogP contribution is -2.49. The van der Waals surface area contributed by atoms with Crippen LogP contribution in [0.4, 0.5) is 0 Å². The molecule has 1 fully saturated rings. The number of benzene rings is 1. The maximum atomic E-state index is 12.2. The summed E-state index contributed by atoms with van der Waals surface area (Å²) in [4.78, 5) is 26.1. The predicted octanol–water partition coefficient (Wildman–Crippen LogP) is 3.24. The van der Waals surface area contributed by atoms with Crippen molar-refractivity contribution >= 4 is 23.3 Å². The highest BCUT2D eigenvalue weighted by Gasteiger charge is 2.38. The van der Waals surface area contributed by atoms with Crippen LogP contribution < -0.4 is 0 Å². The van der Waals surface area contributed by atoms with Crippen molar-refractivity contribution in [1.82, 2.24) is 4.90 Å². The Balaban J connectivity index is 1.96. The number of nitrogens with zero attached hydrogens (tertiary/aromatic N) is 1. The molecule has 0 radical (unpaired) electrons. The number of alkyl halides is 1. The minimum atomic E-state index is -0.250. The lowest BCUT2D eigenvalue weighted by Gasteiger charge is -2.45. The predicted molar refractivity (Wildman–Crippen MR) is 89.2 cm³/mol. The van der Waals surface area contributed by atoms with E-state index in [0.29, 0.717) is 12.0 Å². The number of rotatable bonds is 3. The highest BCUT2D eigenvalue weighted by atomic mass is 35.5. The molecule has 0 saturated carbocycles. The van der Waals surface area contributed by atoms with Crippen LogP contribution in [0.25, 0.3) is 0 Å². The van der Waals surface area contributed by atoms with Crippen LogP contribution in [0.1, 0.15) is 60.0 Å². The van der Waals surface area contributed by atoms with Crippen molar-refractivity contribution in [2.24, 2.45) is 0 Å². The van der Waals surface area contributed by atoms with Crippen LogP contribution in [-0.2, 0) is 11.2 Å². The maximum absolute atomic E-state index is 12.2. The molecule has 2 aliphatic rings. The van der Waals surface area contributed by atoms with Crippen molar-refractivity contribution in [3.63, 3.8) is 0 Å². The molecule has 1 N–H and O–H groups in total. The highest BCUT2D eigenvalue weighted by molar-refractivity contribution is 6.30. The quantitative estimate of drug-likeness (QED) is 0.681. The van der Waals surface area contributed by atoms with Crippen LogP contribution in [-0.4, -0.2) is 40.2 Å². The Morgan fingerprint density at radius 2 is 2.13 bits per heavy atom. The van der Waals surface area contributed by atoms with Gasteiger partial charge in [0.15, 0.2) is 5.78 Å². The summed E-state index contributed by atoms with van der Waals surface area (Å²) in [6.45, 7) is 2.73. The third kappa shape index (κ3) is 2.85. The Morgan fingerprint density at radius 3 is 2.83 bits per heavy atom. The molecule has 4 nitrogen and oxygen atoms in total. The topological polar surface area (TPSA) is 57.6 Å². The van der Waals surface area contributed by atoms with Gasteiger partial charge in [-0.1, -0.05) is 6.92 Å². The average Bonchev–Trinajstić information content (AvgIpc) is 2.59. The molecule has 0 spiro atoms. The monoisotopic (exact) mass is 335 g/mol. The number of amides is 1. The Morgan fingerprint density at radius 1 is 1.35 bits per heavy atom. The van der Waals surface area contributed by atoms with Gasteiger partial charge in [-0.05, 0) is 48.9 Å². The van der Waals surface area contributed by atoms with E-state index in [4.69, 9.17) is 11.6 Å². The number of hydrogen-bond donors (Lipinski definition) is 1. The first kappa shape index (κ1) is 16.3. The summed E-state index contributed by atoms with van der Waals surface area (Å²) in [5.41, 5.74) is 2.52. The smallest absolute Gasteiger partial charge is 0.222 e. The van der Waals surface area contributed by atoms with Crippen molar-refractivity contribution in [2.45, 2.75) is 51.0 Å². The van der Waals surface area contributed by atoms with E-state index in [1.54, 1.807) is 12.1 Å². The number of Topliss-reactive ketones (excluding diaryl/α,β-unsaturated/α-hetero) is 1. The largest absolute Gasteiger partial charge is 0.507 e. The van der Waals surface area contributed by atoms with Crippen LogP contribution in [0, 0.1) is 0 Å². The van der Waals surface area contributed by atoms with Crippen LogP contribution in [0.3, 0.4) is 0 Å². The van der Waals surface area contributed by atoms with Gasteiger partial charge in [-0.15, -0.1) is 11.6 Å². The normalized spacial score (nSPS) is 23.1. The molecule has 0 aromatic heterocycles. The van der Waals surface area contributed by atoms with Crippen molar-refractivity contribution in [1.29, 1.82) is 0 Å². The number of carbonyl (C=O) groups is 2. The number of fused-ring (bicyclic) bond motifs is 3. The van der Waals surface area contributed by atoms with E-state index in [0.717, 1.165) is 43.4 Å². The number of piperidine rings is 1. The Bertz CT molecular complexity index is 643. The fraction of sp³-hybridized carbons (Fsp3) is 0.556. The Hall–Kier alpha value is -1.55. The Labute approximate surface area is 141 Å². The summed E-state index contributed by atoms with van der Waals surface area (Å²) in [5, 5.41) is 10.2. The van der Waals surface area contributed by atoms with E-state index in [9.17, 15) is 14.7 Å². The van der Waals surface area contributed by atoms with Crippen molar-refractivity contribution in [3.05, 3.63) is 28.8 Å². The molecule has 1 saturated heterocycles. The second-order valence-corrected chi connectivity index (χ2v) is 6.69. The molecule has 2 atom stereocenters. The molecule has 2 unspecified atom stereocenters. The van der Waals surface area contributed by atoms with Crippen LogP contribution in [0.2, 0.25) is 0 Å². The summed E-state index contributed by atoms with van der Waals surface area (Å²) in [5.74, 6) is 0.0989. The van der Waals surface area contributed by atoms with Gasteiger partial charge < -0.3 is 10.0 Å². The molecule has 1 amide bonds. The van der Waals surface area contributed by atoms with Crippen molar-refractivity contribution in [2.75, 3.05) is 12.4 Å². The van der Waals surface area contributed by atoms with E-state index in [2.05, 4.69) is 0 Å². The first-order valence-corrected chi connectivity index (χ1v) is 8.84.